The molecule has 0 radical (unpaired) electrons. The van der Waals surface area contributed by atoms with Crippen molar-refractivity contribution in [1.29, 1.82) is 0 Å². The predicted molar refractivity (Wildman–Crippen MR) is 85.0 cm³/mol. The summed E-state index contributed by atoms with van der Waals surface area (Å²) in [6.45, 7) is 11.9. The van der Waals surface area contributed by atoms with Crippen molar-refractivity contribution < 1.29 is 66.3 Å². The van der Waals surface area contributed by atoms with Gasteiger partial charge in [-0.15, -0.1) is 0 Å². The van der Waals surface area contributed by atoms with Crippen LogP contribution in [-0.2, 0) is 23.9 Å². The summed E-state index contributed by atoms with van der Waals surface area (Å²) in [7, 11) is 0. The standard InChI is InChI=1S/C14H24I2O3.C3H6O2/c1-9(2)5-6-15-13(17)11(7-10(3)4)16-14(18)12-8-19-12;1-2-5-3-4/h9-12H,5-8H2,1-4H3;3H,2H2,1H3/q-2;. The van der Waals surface area contributed by atoms with E-state index in [4.69, 9.17) is 4.74 Å². The van der Waals surface area contributed by atoms with E-state index in [-0.39, 0.29) is 35.0 Å². The number of ether oxygens (including phenoxy) is 2. The maximum Gasteiger partial charge on any atom is 0.293 e. The maximum atomic E-state index is 12.3. The summed E-state index contributed by atoms with van der Waals surface area (Å²) in [4.78, 5) is 33.4. The fraction of sp³-hybridized carbons (Fsp3) is 0.824. The summed E-state index contributed by atoms with van der Waals surface area (Å²) >= 11 is -1.05. The molecule has 1 rings (SSSR count). The molecular weight excluding hydrogens is 538 g/mol. The van der Waals surface area contributed by atoms with Gasteiger partial charge in [-0.3, -0.25) is 4.79 Å². The van der Waals surface area contributed by atoms with Crippen LogP contribution in [-0.4, -0.2) is 41.7 Å². The SMILES string of the molecule is CC(C)CC[I-]C(=O)C(CC(C)C)[I-]C(=O)C1CO1.CCOC=O. The van der Waals surface area contributed by atoms with Crippen molar-refractivity contribution in [1.82, 2.24) is 0 Å². The first-order chi connectivity index (χ1) is 11.3. The Morgan fingerprint density at radius 3 is 2.25 bits per heavy atom. The van der Waals surface area contributed by atoms with Gasteiger partial charge >= 0.3 is 138 Å². The molecule has 0 aliphatic carbocycles. The maximum absolute atomic E-state index is 12.3. The van der Waals surface area contributed by atoms with Gasteiger partial charge in [-0.1, -0.05) is 0 Å². The topological polar surface area (TPSA) is 73.0 Å². The Balaban J connectivity index is 0.000000922. The van der Waals surface area contributed by atoms with E-state index in [0.717, 1.165) is 17.3 Å². The van der Waals surface area contributed by atoms with E-state index < -0.39 is 21.2 Å². The second kappa shape index (κ2) is 14.4. The molecule has 2 unspecified atom stereocenters. The Labute approximate surface area is 166 Å². The van der Waals surface area contributed by atoms with Crippen molar-refractivity contribution in [3.8, 4) is 0 Å². The molecule has 24 heavy (non-hydrogen) atoms. The van der Waals surface area contributed by atoms with Crippen LogP contribution < -0.4 is 42.4 Å². The first kappa shape index (κ1) is 24.2. The van der Waals surface area contributed by atoms with Crippen LogP contribution in [0.1, 0.15) is 47.5 Å². The van der Waals surface area contributed by atoms with E-state index in [1.54, 1.807) is 6.92 Å². The van der Waals surface area contributed by atoms with Gasteiger partial charge in [0.2, 0.25) is 0 Å². The van der Waals surface area contributed by atoms with Crippen molar-refractivity contribution in [2.45, 2.75) is 57.5 Å². The molecule has 0 aromatic rings. The molecule has 1 aliphatic heterocycles. The van der Waals surface area contributed by atoms with E-state index in [1.165, 1.54) is 0 Å². The van der Waals surface area contributed by atoms with Crippen LogP contribution in [0.15, 0.2) is 0 Å². The summed E-state index contributed by atoms with van der Waals surface area (Å²) in [6.07, 6.45) is 1.89. The van der Waals surface area contributed by atoms with E-state index in [2.05, 4.69) is 32.4 Å². The molecule has 0 bridgehead atoms. The zero-order valence-corrected chi connectivity index (χ0v) is 19.5. The number of hydrogen-bond donors (Lipinski definition) is 0. The Hall–Kier alpha value is 0.230. The second-order valence-corrected chi connectivity index (χ2v) is 12.3. The van der Waals surface area contributed by atoms with Crippen molar-refractivity contribution in [2.75, 3.05) is 17.6 Å². The second-order valence-electron chi connectivity index (χ2n) is 6.19. The van der Waals surface area contributed by atoms with E-state index in [1.807, 2.05) is 0 Å². The van der Waals surface area contributed by atoms with Gasteiger partial charge < -0.3 is 4.74 Å². The van der Waals surface area contributed by atoms with Gasteiger partial charge in [0.15, 0.2) is 0 Å². The summed E-state index contributed by atoms with van der Waals surface area (Å²) in [6, 6.07) is 0. The van der Waals surface area contributed by atoms with E-state index in [9.17, 15) is 14.4 Å². The minimum atomic E-state index is -0.675. The van der Waals surface area contributed by atoms with Gasteiger partial charge in [-0.05, 0) is 6.92 Å². The Morgan fingerprint density at radius 2 is 1.88 bits per heavy atom. The summed E-state index contributed by atoms with van der Waals surface area (Å²) in [5.41, 5.74) is 0. The molecule has 0 saturated carbocycles. The Bertz CT molecular complexity index is 381. The number of alkyl halides is 2. The fourth-order valence-corrected chi connectivity index (χ4v) is 9.24. The Kier molecular flexibility index (Phi) is 14.5. The molecule has 0 aromatic heterocycles. The first-order valence-electron chi connectivity index (χ1n) is 8.28. The third-order valence-electron chi connectivity index (χ3n) is 2.90. The molecular formula is C17H30I2O5-2. The average Bonchev–Trinajstić information content (AvgIpc) is 3.31. The number of carbonyl (C=O) groups excluding carboxylic acids is 3. The number of hydrogen-bond acceptors (Lipinski definition) is 5. The monoisotopic (exact) mass is 568 g/mol. The molecule has 1 heterocycles. The zero-order chi connectivity index (χ0) is 18.5. The molecule has 7 heteroatoms. The first-order valence-corrected chi connectivity index (χ1v) is 13.2. The van der Waals surface area contributed by atoms with Crippen LogP contribution in [0.5, 0.6) is 0 Å². The number of epoxide rings is 1. The molecule has 0 spiro atoms. The number of rotatable bonds is 12. The van der Waals surface area contributed by atoms with Gasteiger partial charge in [-0.2, -0.15) is 0 Å². The van der Waals surface area contributed by atoms with Crippen molar-refractivity contribution in [2.24, 2.45) is 11.8 Å². The minimum absolute atomic E-state index is 0.0652. The van der Waals surface area contributed by atoms with Gasteiger partial charge in [0.05, 0.1) is 6.61 Å². The fourth-order valence-electron chi connectivity index (χ4n) is 1.49. The largest absolute Gasteiger partial charge is 0.468 e. The number of carbonyl (C=O) groups is 3. The number of halogens is 2. The van der Waals surface area contributed by atoms with Crippen LogP contribution in [0.3, 0.4) is 0 Å². The van der Waals surface area contributed by atoms with Gasteiger partial charge in [0.1, 0.15) is 0 Å². The molecule has 1 fully saturated rings. The molecule has 0 N–H and O–H groups in total. The van der Waals surface area contributed by atoms with Gasteiger partial charge in [0, 0.05) is 0 Å². The van der Waals surface area contributed by atoms with Crippen LogP contribution in [0, 0.1) is 11.8 Å². The molecule has 0 amide bonds. The smallest absolute Gasteiger partial charge is 0.293 e. The molecule has 0 aromatic carbocycles. The Morgan fingerprint density at radius 1 is 1.25 bits per heavy atom. The van der Waals surface area contributed by atoms with E-state index >= 15 is 0 Å². The third kappa shape index (κ3) is 13.5. The quantitative estimate of drug-likeness (QED) is 0.0797. The summed E-state index contributed by atoms with van der Waals surface area (Å²) in [5, 5.41) is 0. The summed E-state index contributed by atoms with van der Waals surface area (Å²) < 4.78 is 11.0. The molecule has 144 valence electrons. The van der Waals surface area contributed by atoms with Crippen LogP contribution in [0.4, 0.5) is 0 Å². The van der Waals surface area contributed by atoms with Gasteiger partial charge in [0.25, 0.3) is 6.47 Å². The van der Waals surface area contributed by atoms with Crippen LogP contribution in [0.2, 0.25) is 0 Å². The molecule has 1 saturated heterocycles. The van der Waals surface area contributed by atoms with Crippen molar-refractivity contribution in [3.63, 3.8) is 0 Å². The van der Waals surface area contributed by atoms with Crippen LogP contribution in [0.25, 0.3) is 0 Å². The third-order valence-corrected chi connectivity index (χ3v) is 9.89. The van der Waals surface area contributed by atoms with E-state index in [0.29, 0.717) is 35.3 Å². The minimum Gasteiger partial charge on any atom is -0.468 e. The van der Waals surface area contributed by atoms with Crippen LogP contribution >= 0.6 is 0 Å². The normalized spacial score (nSPS) is 17.4. The molecule has 2 atom stereocenters. The van der Waals surface area contributed by atoms with Crippen molar-refractivity contribution >= 4 is 14.1 Å². The average molecular weight is 568 g/mol. The predicted octanol–water partition coefficient (Wildman–Crippen LogP) is -3.74. The van der Waals surface area contributed by atoms with Gasteiger partial charge in [-0.25, -0.2) is 0 Å². The zero-order valence-electron chi connectivity index (χ0n) is 15.2. The summed E-state index contributed by atoms with van der Waals surface area (Å²) in [5.74, 6) is 1.17. The molecule has 1 aliphatic rings. The van der Waals surface area contributed by atoms with Crippen molar-refractivity contribution in [3.05, 3.63) is 0 Å². The molecule has 5 nitrogen and oxygen atoms in total.